The molecule has 0 bridgehead atoms. The van der Waals surface area contributed by atoms with Crippen molar-refractivity contribution in [3.63, 3.8) is 0 Å². The van der Waals surface area contributed by atoms with Gasteiger partial charge >= 0.3 is 0 Å². The second-order valence-corrected chi connectivity index (χ2v) is 3.94. The quantitative estimate of drug-likeness (QED) is 0.668. The number of nitrogens with zero attached hydrogens (tertiary/aromatic N) is 2. The van der Waals surface area contributed by atoms with Crippen LogP contribution in [0.5, 0.6) is 0 Å². The Balaban J connectivity index is 2.26. The molecular weight excluding hydrogens is 277 g/mol. The first-order chi connectivity index (χ1) is 8.99. The molecule has 1 aromatic heterocycles. The molecule has 8 heteroatoms. The average Bonchev–Trinajstić information content (AvgIpc) is 2.40. The molecular formula is C11H7F3N4S. The Labute approximate surface area is 111 Å². The van der Waals surface area contributed by atoms with E-state index in [0.717, 1.165) is 12.1 Å². The smallest absolute Gasteiger partial charge is 0.196 e. The second-order valence-electron chi connectivity index (χ2n) is 3.50. The summed E-state index contributed by atoms with van der Waals surface area (Å²) < 4.78 is 39.1. The molecule has 98 valence electrons. The molecule has 2 aromatic rings. The summed E-state index contributed by atoms with van der Waals surface area (Å²) >= 11 is 4.69. The van der Waals surface area contributed by atoms with Crippen molar-refractivity contribution in [2.24, 2.45) is 5.73 Å². The topological polar surface area (TPSA) is 63.8 Å². The van der Waals surface area contributed by atoms with Gasteiger partial charge in [-0.2, -0.15) is 0 Å². The van der Waals surface area contributed by atoms with Crippen molar-refractivity contribution < 1.29 is 13.2 Å². The first kappa shape index (κ1) is 13.2. The predicted molar refractivity (Wildman–Crippen MR) is 67.5 cm³/mol. The zero-order valence-corrected chi connectivity index (χ0v) is 10.1. The maximum Gasteiger partial charge on any atom is 0.196 e. The third-order valence-corrected chi connectivity index (χ3v) is 2.41. The van der Waals surface area contributed by atoms with E-state index in [1.165, 1.54) is 12.4 Å². The van der Waals surface area contributed by atoms with Crippen LogP contribution in [0.3, 0.4) is 0 Å². The van der Waals surface area contributed by atoms with Gasteiger partial charge in [-0.1, -0.05) is 12.2 Å². The molecule has 3 N–H and O–H groups in total. The van der Waals surface area contributed by atoms with Crippen LogP contribution in [0.1, 0.15) is 5.69 Å². The second kappa shape index (κ2) is 5.19. The lowest BCUT2D eigenvalue weighted by molar-refractivity contribution is 0.449. The zero-order valence-electron chi connectivity index (χ0n) is 9.32. The van der Waals surface area contributed by atoms with E-state index in [0.29, 0.717) is 5.69 Å². The standard InChI is InChI=1S/C11H7F3N4S/c12-5-1-2-6(10(14)9(5)13)18-8-4-16-7(3-17-8)11(15)19/h1-4H,(H2,15,19)(H,17,18). The van der Waals surface area contributed by atoms with Crippen LogP contribution in [0.2, 0.25) is 0 Å². The van der Waals surface area contributed by atoms with Gasteiger partial charge in [-0.3, -0.25) is 0 Å². The molecule has 19 heavy (non-hydrogen) atoms. The number of halogens is 3. The number of aromatic nitrogens is 2. The maximum absolute atomic E-state index is 13.4. The van der Waals surface area contributed by atoms with Gasteiger partial charge in [0.15, 0.2) is 17.5 Å². The number of benzene rings is 1. The van der Waals surface area contributed by atoms with Crippen LogP contribution in [0.25, 0.3) is 0 Å². The Morgan fingerprint density at radius 1 is 1.11 bits per heavy atom. The Bertz CT molecular complexity index is 631. The minimum atomic E-state index is -1.56. The van der Waals surface area contributed by atoms with Gasteiger partial charge in [0.2, 0.25) is 0 Å². The molecule has 2 rings (SSSR count). The highest BCUT2D eigenvalue weighted by atomic mass is 32.1. The van der Waals surface area contributed by atoms with Crippen LogP contribution in [0.4, 0.5) is 24.7 Å². The van der Waals surface area contributed by atoms with Crippen molar-refractivity contribution in [3.8, 4) is 0 Å². The van der Waals surface area contributed by atoms with Gasteiger partial charge in [0, 0.05) is 0 Å². The van der Waals surface area contributed by atoms with Crippen molar-refractivity contribution in [2.45, 2.75) is 0 Å². The zero-order chi connectivity index (χ0) is 14.0. The van der Waals surface area contributed by atoms with Gasteiger partial charge in [0.05, 0.1) is 18.1 Å². The largest absolute Gasteiger partial charge is 0.388 e. The lowest BCUT2D eigenvalue weighted by atomic mass is 10.3. The lowest BCUT2D eigenvalue weighted by Gasteiger charge is -2.07. The fourth-order valence-corrected chi connectivity index (χ4v) is 1.39. The van der Waals surface area contributed by atoms with E-state index in [4.69, 9.17) is 18.0 Å². The van der Waals surface area contributed by atoms with E-state index in [-0.39, 0.29) is 16.5 Å². The lowest BCUT2D eigenvalue weighted by Crippen LogP contribution is -2.12. The molecule has 0 atom stereocenters. The molecule has 0 aliphatic heterocycles. The number of thiocarbonyl (C=S) groups is 1. The highest BCUT2D eigenvalue weighted by Gasteiger charge is 2.13. The van der Waals surface area contributed by atoms with Gasteiger partial charge in [0.1, 0.15) is 16.5 Å². The number of hydrogen-bond donors (Lipinski definition) is 2. The van der Waals surface area contributed by atoms with E-state index in [1.54, 1.807) is 0 Å². The Hall–Kier alpha value is -2.22. The van der Waals surface area contributed by atoms with Crippen molar-refractivity contribution in [3.05, 3.63) is 47.7 Å². The molecule has 0 aliphatic carbocycles. The molecule has 1 heterocycles. The Kier molecular flexibility index (Phi) is 3.61. The SMILES string of the molecule is NC(=S)c1cnc(Nc2ccc(F)c(F)c2F)cn1. The average molecular weight is 284 g/mol. The van der Waals surface area contributed by atoms with Gasteiger partial charge < -0.3 is 11.1 Å². The van der Waals surface area contributed by atoms with E-state index < -0.39 is 17.5 Å². The fraction of sp³-hybridized carbons (Fsp3) is 0. The number of nitrogens with one attached hydrogen (secondary N) is 1. The van der Waals surface area contributed by atoms with E-state index in [1.807, 2.05) is 0 Å². The molecule has 0 aliphatic rings. The summed E-state index contributed by atoms with van der Waals surface area (Å²) in [6, 6.07) is 1.86. The molecule has 0 amide bonds. The Morgan fingerprint density at radius 3 is 2.42 bits per heavy atom. The van der Waals surface area contributed by atoms with Crippen LogP contribution in [0.15, 0.2) is 24.5 Å². The third kappa shape index (κ3) is 2.79. The first-order valence-electron chi connectivity index (χ1n) is 5.01. The maximum atomic E-state index is 13.4. The minimum Gasteiger partial charge on any atom is -0.388 e. The number of nitrogens with two attached hydrogens (primary N) is 1. The van der Waals surface area contributed by atoms with E-state index in [2.05, 4.69) is 15.3 Å². The number of hydrogen-bond acceptors (Lipinski definition) is 4. The summed E-state index contributed by atoms with van der Waals surface area (Å²) in [6.07, 6.45) is 2.53. The van der Waals surface area contributed by atoms with Crippen molar-refractivity contribution in [1.82, 2.24) is 9.97 Å². The molecule has 4 nitrogen and oxygen atoms in total. The summed E-state index contributed by atoms with van der Waals surface area (Å²) in [7, 11) is 0. The molecule has 0 saturated heterocycles. The highest BCUT2D eigenvalue weighted by molar-refractivity contribution is 7.80. The normalized spacial score (nSPS) is 10.3. The molecule has 0 spiro atoms. The van der Waals surface area contributed by atoms with Crippen LogP contribution < -0.4 is 11.1 Å². The summed E-state index contributed by atoms with van der Waals surface area (Å²) in [5, 5.41) is 2.47. The van der Waals surface area contributed by atoms with Crippen LogP contribution in [-0.4, -0.2) is 15.0 Å². The Morgan fingerprint density at radius 2 is 1.84 bits per heavy atom. The van der Waals surface area contributed by atoms with Gasteiger partial charge in [0.25, 0.3) is 0 Å². The van der Waals surface area contributed by atoms with E-state index >= 15 is 0 Å². The summed E-state index contributed by atoms with van der Waals surface area (Å²) in [6.45, 7) is 0. The van der Waals surface area contributed by atoms with Gasteiger partial charge in [-0.15, -0.1) is 0 Å². The first-order valence-corrected chi connectivity index (χ1v) is 5.42. The van der Waals surface area contributed by atoms with Gasteiger partial charge in [-0.05, 0) is 12.1 Å². The van der Waals surface area contributed by atoms with Crippen molar-refractivity contribution in [1.29, 1.82) is 0 Å². The summed E-state index contributed by atoms with van der Waals surface area (Å²) in [5.41, 5.74) is 5.38. The monoisotopic (exact) mass is 284 g/mol. The van der Waals surface area contributed by atoms with E-state index in [9.17, 15) is 13.2 Å². The number of rotatable bonds is 3. The predicted octanol–water partition coefficient (Wildman–Crippen LogP) is 2.27. The van der Waals surface area contributed by atoms with Crippen LogP contribution >= 0.6 is 12.2 Å². The van der Waals surface area contributed by atoms with Crippen molar-refractivity contribution >= 4 is 28.7 Å². The molecule has 0 unspecified atom stereocenters. The summed E-state index contributed by atoms with van der Waals surface area (Å²) in [5.74, 6) is -4.01. The van der Waals surface area contributed by atoms with Crippen molar-refractivity contribution in [2.75, 3.05) is 5.32 Å². The molecule has 1 aromatic carbocycles. The third-order valence-electron chi connectivity index (χ3n) is 2.20. The van der Waals surface area contributed by atoms with Gasteiger partial charge in [-0.25, -0.2) is 23.1 Å². The molecule has 0 fully saturated rings. The molecule has 0 saturated carbocycles. The number of anilines is 2. The summed E-state index contributed by atoms with van der Waals surface area (Å²) in [4.78, 5) is 7.79. The van der Waals surface area contributed by atoms with Crippen LogP contribution in [0, 0.1) is 17.5 Å². The fourth-order valence-electron chi connectivity index (χ4n) is 1.28. The molecule has 0 radical (unpaired) electrons. The van der Waals surface area contributed by atoms with Crippen LogP contribution in [-0.2, 0) is 0 Å². The minimum absolute atomic E-state index is 0.0676. The highest BCUT2D eigenvalue weighted by Crippen LogP contribution is 2.22.